The molecule has 0 aliphatic rings. The Morgan fingerprint density at radius 2 is 2.14 bits per heavy atom. The second kappa shape index (κ2) is 2.92. The van der Waals surface area contributed by atoms with E-state index in [1.807, 2.05) is 0 Å². The molecule has 0 unspecified atom stereocenters. The van der Waals surface area contributed by atoms with Crippen LogP contribution >= 0.6 is 11.6 Å². The maximum absolute atomic E-state index is 10.7. The molecule has 3 N–H and O–H groups in total. The van der Waals surface area contributed by atoms with Crippen LogP contribution in [0.25, 0.3) is 10.9 Å². The summed E-state index contributed by atoms with van der Waals surface area (Å²) in [5, 5.41) is 19.1. The van der Waals surface area contributed by atoms with E-state index in [1.165, 1.54) is 0 Å². The summed E-state index contributed by atoms with van der Waals surface area (Å²) >= 11 is 5.71. The monoisotopic (exact) mass is 211 g/mol. The highest BCUT2D eigenvalue weighted by atomic mass is 35.5. The summed E-state index contributed by atoms with van der Waals surface area (Å²) in [4.78, 5) is 13.2. The van der Waals surface area contributed by atoms with Gasteiger partial charge in [0.2, 0.25) is 0 Å². The molecule has 0 bridgehead atoms. The number of fused-ring (bicyclic) bond motifs is 1. The molecule has 1 aromatic heterocycles. The van der Waals surface area contributed by atoms with Crippen molar-refractivity contribution in [3.8, 4) is 5.75 Å². The molecule has 1 aromatic carbocycles. The third-order valence-corrected chi connectivity index (χ3v) is 2.18. The molecule has 0 spiro atoms. The van der Waals surface area contributed by atoms with Gasteiger partial charge in [-0.1, -0.05) is 11.6 Å². The molecule has 14 heavy (non-hydrogen) atoms. The van der Waals surface area contributed by atoms with Crippen molar-refractivity contribution in [2.75, 3.05) is 0 Å². The summed E-state index contributed by atoms with van der Waals surface area (Å²) in [5.41, 5.74) is 0.287. The number of hydrogen-bond donors (Lipinski definition) is 3. The Morgan fingerprint density at radius 1 is 1.43 bits per heavy atom. The van der Waals surface area contributed by atoms with Gasteiger partial charge in [0.05, 0.1) is 5.52 Å². The normalized spacial score (nSPS) is 10.6. The topological polar surface area (TPSA) is 73.3 Å². The van der Waals surface area contributed by atoms with E-state index < -0.39 is 5.97 Å². The van der Waals surface area contributed by atoms with Crippen molar-refractivity contribution in [3.05, 3.63) is 28.9 Å². The van der Waals surface area contributed by atoms with Crippen molar-refractivity contribution in [3.63, 3.8) is 0 Å². The Kier molecular flexibility index (Phi) is 1.86. The quantitative estimate of drug-likeness (QED) is 0.677. The zero-order valence-corrected chi connectivity index (χ0v) is 7.67. The van der Waals surface area contributed by atoms with E-state index in [0.29, 0.717) is 15.9 Å². The highest BCUT2D eigenvalue weighted by molar-refractivity contribution is 6.31. The molecular weight excluding hydrogens is 206 g/mol. The first-order chi connectivity index (χ1) is 6.59. The summed E-state index contributed by atoms with van der Waals surface area (Å²) in [6.45, 7) is 0. The highest BCUT2D eigenvalue weighted by Gasteiger charge is 2.15. The molecule has 0 amide bonds. The molecule has 4 nitrogen and oxygen atoms in total. The number of benzene rings is 1. The van der Waals surface area contributed by atoms with E-state index in [2.05, 4.69) is 4.98 Å². The van der Waals surface area contributed by atoms with Gasteiger partial charge in [-0.05, 0) is 18.2 Å². The number of aromatic amines is 1. The lowest BCUT2D eigenvalue weighted by atomic mass is 10.2. The van der Waals surface area contributed by atoms with Crippen LogP contribution in [0.2, 0.25) is 5.02 Å². The lowest BCUT2D eigenvalue weighted by Crippen LogP contribution is -1.95. The predicted octanol–water partition coefficient (Wildman–Crippen LogP) is 2.23. The third kappa shape index (κ3) is 1.20. The first kappa shape index (κ1) is 8.90. The number of carboxylic acid groups (broad SMARTS) is 1. The molecule has 0 aliphatic heterocycles. The molecule has 0 fully saturated rings. The Labute approximate surface area is 83.7 Å². The van der Waals surface area contributed by atoms with Gasteiger partial charge in [-0.2, -0.15) is 0 Å². The molecule has 0 saturated heterocycles. The fourth-order valence-electron chi connectivity index (χ4n) is 1.31. The van der Waals surface area contributed by atoms with Gasteiger partial charge >= 0.3 is 5.97 Å². The van der Waals surface area contributed by atoms with E-state index in [1.54, 1.807) is 18.2 Å². The standard InChI is InChI=1S/C9H6ClNO3/c10-4-1-2-5-6(3-4)11-7(8(5)12)9(13)14/h1-3,11-12H,(H,13,14). The predicted molar refractivity (Wildman–Crippen MR) is 51.9 cm³/mol. The SMILES string of the molecule is O=C(O)c1[nH]c2cc(Cl)ccc2c1O. The molecule has 0 radical (unpaired) electrons. The van der Waals surface area contributed by atoms with Gasteiger partial charge < -0.3 is 15.2 Å². The zero-order valence-electron chi connectivity index (χ0n) is 6.91. The number of hydrogen-bond acceptors (Lipinski definition) is 2. The van der Waals surface area contributed by atoms with E-state index in [-0.39, 0.29) is 11.4 Å². The number of carboxylic acids is 1. The van der Waals surface area contributed by atoms with Crippen molar-refractivity contribution in [1.82, 2.24) is 4.98 Å². The van der Waals surface area contributed by atoms with Crippen LogP contribution in [0.4, 0.5) is 0 Å². The molecule has 0 saturated carbocycles. The van der Waals surface area contributed by atoms with Crippen LogP contribution in [0, 0.1) is 0 Å². The van der Waals surface area contributed by atoms with Gasteiger partial charge in [-0.3, -0.25) is 0 Å². The first-order valence-electron chi connectivity index (χ1n) is 3.83. The van der Waals surface area contributed by atoms with Crippen molar-refractivity contribution in [1.29, 1.82) is 0 Å². The molecule has 2 rings (SSSR count). The van der Waals surface area contributed by atoms with Crippen LogP contribution in [0.1, 0.15) is 10.5 Å². The summed E-state index contributed by atoms with van der Waals surface area (Å²) in [5.74, 6) is -1.46. The van der Waals surface area contributed by atoms with E-state index in [9.17, 15) is 9.90 Å². The van der Waals surface area contributed by atoms with Crippen molar-refractivity contribution < 1.29 is 15.0 Å². The fraction of sp³-hybridized carbons (Fsp3) is 0. The fourth-order valence-corrected chi connectivity index (χ4v) is 1.48. The molecule has 0 atom stereocenters. The number of aromatic carboxylic acids is 1. The number of carbonyl (C=O) groups is 1. The van der Waals surface area contributed by atoms with Crippen LogP contribution in [-0.4, -0.2) is 21.2 Å². The largest absolute Gasteiger partial charge is 0.505 e. The molecular formula is C9H6ClNO3. The summed E-state index contributed by atoms with van der Waals surface area (Å²) in [6.07, 6.45) is 0. The molecule has 5 heteroatoms. The van der Waals surface area contributed by atoms with Gasteiger partial charge in [0, 0.05) is 10.4 Å². The van der Waals surface area contributed by atoms with E-state index >= 15 is 0 Å². The van der Waals surface area contributed by atoms with Gasteiger partial charge in [-0.15, -0.1) is 0 Å². The van der Waals surface area contributed by atoms with Crippen LogP contribution in [0.5, 0.6) is 5.75 Å². The summed E-state index contributed by atoms with van der Waals surface area (Å²) < 4.78 is 0. The van der Waals surface area contributed by atoms with Crippen molar-refractivity contribution in [2.45, 2.75) is 0 Å². The van der Waals surface area contributed by atoms with E-state index in [4.69, 9.17) is 16.7 Å². The van der Waals surface area contributed by atoms with Gasteiger partial charge in [0.1, 0.15) is 0 Å². The minimum atomic E-state index is -1.20. The van der Waals surface area contributed by atoms with Crippen LogP contribution in [0.3, 0.4) is 0 Å². The Balaban J connectivity index is 2.79. The highest BCUT2D eigenvalue weighted by Crippen LogP contribution is 2.30. The van der Waals surface area contributed by atoms with Crippen molar-refractivity contribution >= 4 is 28.5 Å². The number of aromatic hydroxyl groups is 1. The summed E-state index contributed by atoms with van der Waals surface area (Å²) in [7, 11) is 0. The number of halogens is 1. The molecule has 72 valence electrons. The summed E-state index contributed by atoms with van der Waals surface area (Å²) in [6, 6.07) is 4.71. The van der Waals surface area contributed by atoms with Crippen LogP contribution in [0.15, 0.2) is 18.2 Å². The van der Waals surface area contributed by atoms with Gasteiger partial charge in [0.25, 0.3) is 0 Å². The van der Waals surface area contributed by atoms with E-state index in [0.717, 1.165) is 0 Å². The Morgan fingerprint density at radius 3 is 2.79 bits per heavy atom. The number of rotatable bonds is 1. The number of nitrogens with one attached hydrogen (secondary N) is 1. The van der Waals surface area contributed by atoms with Gasteiger partial charge in [0.15, 0.2) is 11.4 Å². The third-order valence-electron chi connectivity index (χ3n) is 1.95. The van der Waals surface area contributed by atoms with Gasteiger partial charge in [-0.25, -0.2) is 4.79 Å². The second-order valence-corrected chi connectivity index (χ2v) is 3.28. The van der Waals surface area contributed by atoms with Crippen LogP contribution in [-0.2, 0) is 0 Å². The molecule has 2 aromatic rings. The zero-order chi connectivity index (χ0) is 10.3. The Hall–Kier alpha value is -1.68. The smallest absolute Gasteiger partial charge is 0.356 e. The maximum Gasteiger partial charge on any atom is 0.356 e. The minimum Gasteiger partial charge on any atom is -0.505 e. The second-order valence-electron chi connectivity index (χ2n) is 2.84. The molecule has 0 aliphatic carbocycles. The first-order valence-corrected chi connectivity index (χ1v) is 4.21. The lowest BCUT2D eigenvalue weighted by Gasteiger charge is -1.90. The maximum atomic E-state index is 10.7. The average molecular weight is 212 g/mol. The number of aromatic nitrogens is 1. The Bertz CT molecular complexity index is 518. The minimum absolute atomic E-state index is 0.220. The number of H-pyrrole nitrogens is 1. The lowest BCUT2D eigenvalue weighted by molar-refractivity contribution is 0.0688. The molecule has 1 heterocycles. The average Bonchev–Trinajstić information content (AvgIpc) is 2.43. The van der Waals surface area contributed by atoms with Crippen molar-refractivity contribution in [2.24, 2.45) is 0 Å². The van der Waals surface area contributed by atoms with Crippen LogP contribution < -0.4 is 0 Å².